The number of thiocarbonyl (C=S) groups is 1. The van der Waals surface area contributed by atoms with Crippen LogP contribution in [0.1, 0.15) is 27.2 Å². The SMILES string of the molecule is CC(=O)CC(C)(C)NC(N)=S. The van der Waals surface area contributed by atoms with E-state index in [1.165, 1.54) is 0 Å². The van der Waals surface area contributed by atoms with Gasteiger partial charge >= 0.3 is 0 Å². The molecule has 0 aromatic rings. The fraction of sp³-hybridized carbons (Fsp3) is 0.714. The highest BCUT2D eigenvalue weighted by Gasteiger charge is 2.19. The fourth-order valence-corrected chi connectivity index (χ4v) is 1.28. The zero-order valence-electron chi connectivity index (χ0n) is 7.10. The van der Waals surface area contributed by atoms with E-state index in [-0.39, 0.29) is 16.4 Å². The molecule has 0 atom stereocenters. The van der Waals surface area contributed by atoms with Gasteiger partial charge in [0, 0.05) is 12.0 Å². The molecule has 0 radical (unpaired) electrons. The molecule has 64 valence electrons. The third-order valence-electron chi connectivity index (χ3n) is 1.15. The van der Waals surface area contributed by atoms with Crippen molar-refractivity contribution in [2.75, 3.05) is 0 Å². The summed E-state index contributed by atoms with van der Waals surface area (Å²) >= 11 is 4.65. The molecule has 0 spiro atoms. The molecule has 0 aromatic heterocycles. The Bertz CT molecular complexity index is 159. The normalized spacial score (nSPS) is 10.8. The number of nitrogens with two attached hydrogens (primary N) is 1. The molecule has 0 heterocycles. The summed E-state index contributed by atoms with van der Waals surface area (Å²) in [6.45, 7) is 5.31. The molecule has 3 nitrogen and oxygen atoms in total. The van der Waals surface area contributed by atoms with Crippen LogP contribution in [0.2, 0.25) is 0 Å². The van der Waals surface area contributed by atoms with Crippen LogP contribution in [0.4, 0.5) is 0 Å². The molecule has 0 rings (SSSR count). The molecular weight excluding hydrogens is 160 g/mol. The molecule has 3 N–H and O–H groups in total. The van der Waals surface area contributed by atoms with E-state index < -0.39 is 0 Å². The van der Waals surface area contributed by atoms with Crippen molar-refractivity contribution in [3.63, 3.8) is 0 Å². The van der Waals surface area contributed by atoms with Gasteiger partial charge in [-0.25, -0.2) is 0 Å². The highest BCUT2D eigenvalue weighted by Crippen LogP contribution is 2.07. The van der Waals surface area contributed by atoms with E-state index in [0.29, 0.717) is 6.42 Å². The highest BCUT2D eigenvalue weighted by atomic mass is 32.1. The Hall–Kier alpha value is -0.640. The number of hydrogen-bond donors (Lipinski definition) is 2. The first kappa shape index (κ1) is 10.4. The lowest BCUT2D eigenvalue weighted by atomic mass is 9.99. The molecule has 11 heavy (non-hydrogen) atoms. The molecule has 0 bridgehead atoms. The summed E-state index contributed by atoms with van der Waals surface area (Å²) < 4.78 is 0. The first-order chi connectivity index (χ1) is 4.83. The molecule has 0 saturated heterocycles. The first-order valence-corrected chi connectivity index (χ1v) is 3.81. The Kier molecular flexibility index (Phi) is 3.45. The van der Waals surface area contributed by atoms with Crippen molar-refractivity contribution in [1.29, 1.82) is 0 Å². The molecule has 0 amide bonds. The number of hydrogen-bond acceptors (Lipinski definition) is 2. The average molecular weight is 174 g/mol. The molecular formula is C7H14N2OS. The van der Waals surface area contributed by atoms with Gasteiger partial charge in [0.25, 0.3) is 0 Å². The summed E-state index contributed by atoms with van der Waals surface area (Å²) in [5.41, 5.74) is 4.94. The Morgan fingerprint density at radius 2 is 2.09 bits per heavy atom. The second kappa shape index (κ2) is 3.67. The summed E-state index contributed by atoms with van der Waals surface area (Å²) in [5.74, 6) is 0.124. The van der Waals surface area contributed by atoms with E-state index in [4.69, 9.17) is 5.73 Å². The Labute approximate surface area is 72.3 Å². The maximum atomic E-state index is 10.7. The van der Waals surface area contributed by atoms with E-state index >= 15 is 0 Å². The van der Waals surface area contributed by atoms with Crippen LogP contribution in [0.5, 0.6) is 0 Å². The third-order valence-corrected chi connectivity index (χ3v) is 1.25. The van der Waals surface area contributed by atoms with Crippen molar-refractivity contribution in [3.8, 4) is 0 Å². The molecule has 0 fully saturated rings. The summed E-state index contributed by atoms with van der Waals surface area (Å²) in [6, 6.07) is 0. The van der Waals surface area contributed by atoms with Crippen molar-refractivity contribution >= 4 is 23.1 Å². The summed E-state index contributed by atoms with van der Waals surface area (Å²) in [6.07, 6.45) is 0.435. The quantitative estimate of drug-likeness (QED) is 0.614. The zero-order valence-corrected chi connectivity index (χ0v) is 7.92. The molecule has 0 saturated carbocycles. The minimum absolute atomic E-state index is 0.124. The van der Waals surface area contributed by atoms with Crippen molar-refractivity contribution in [2.24, 2.45) is 5.73 Å². The standard InChI is InChI=1S/C7H14N2OS/c1-5(10)4-7(2,3)9-6(8)11/h4H2,1-3H3,(H3,8,9,11). The van der Waals surface area contributed by atoms with E-state index in [0.717, 1.165) is 0 Å². The first-order valence-electron chi connectivity index (χ1n) is 3.40. The van der Waals surface area contributed by atoms with Gasteiger partial charge in [0.05, 0.1) is 0 Å². The van der Waals surface area contributed by atoms with E-state index in [1.54, 1.807) is 6.92 Å². The predicted octanol–water partition coefficient (Wildman–Crippen LogP) is 0.577. The van der Waals surface area contributed by atoms with Gasteiger partial charge in [-0.1, -0.05) is 0 Å². The maximum Gasteiger partial charge on any atom is 0.164 e. The maximum absolute atomic E-state index is 10.7. The summed E-state index contributed by atoms with van der Waals surface area (Å²) in [7, 11) is 0. The van der Waals surface area contributed by atoms with Gasteiger partial charge in [-0.05, 0) is 33.0 Å². The van der Waals surface area contributed by atoms with Gasteiger partial charge in [0.1, 0.15) is 5.78 Å². The van der Waals surface area contributed by atoms with Crippen molar-refractivity contribution in [1.82, 2.24) is 5.32 Å². The number of ketones is 1. The van der Waals surface area contributed by atoms with Crippen molar-refractivity contribution < 1.29 is 4.79 Å². The van der Waals surface area contributed by atoms with Crippen LogP contribution in [0.3, 0.4) is 0 Å². The largest absolute Gasteiger partial charge is 0.376 e. The smallest absolute Gasteiger partial charge is 0.164 e. The number of carbonyl (C=O) groups is 1. The topological polar surface area (TPSA) is 55.1 Å². The Morgan fingerprint density at radius 3 is 2.36 bits per heavy atom. The lowest BCUT2D eigenvalue weighted by Gasteiger charge is -2.24. The van der Waals surface area contributed by atoms with Crippen LogP contribution in [0.15, 0.2) is 0 Å². The van der Waals surface area contributed by atoms with Crippen LogP contribution < -0.4 is 11.1 Å². The van der Waals surface area contributed by atoms with Gasteiger partial charge in [-0.3, -0.25) is 4.79 Å². The van der Waals surface area contributed by atoms with Crippen LogP contribution in [-0.4, -0.2) is 16.4 Å². The molecule has 4 heteroatoms. The van der Waals surface area contributed by atoms with E-state index in [9.17, 15) is 4.79 Å². The van der Waals surface area contributed by atoms with Crippen LogP contribution in [-0.2, 0) is 4.79 Å². The number of nitrogens with one attached hydrogen (secondary N) is 1. The van der Waals surface area contributed by atoms with E-state index in [1.807, 2.05) is 13.8 Å². The Balaban J connectivity index is 3.99. The highest BCUT2D eigenvalue weighted by molar-refractivity contribution is 7.80. The lowest BCUT2D eigenvalue weighted by Crippen LogP contribution is -2.47. The second-order valence-corrected chi connectivity index (χ2v) is 3.69. The zero-order chi connectivity index (χ0) is 9.07. The average Bonchev–Trinajstić information content (AvgIpc) is 1.53. The number of Topliss-reactive ketones (excluding diaryl/α,β-unsaturated/α-hetero) is 1. The summed E-state index contributed by atoms with van der Waals surface area (Å²) in [4.78, 5) is 10.7. The molecule has 0 aromatic carbocycles. The monoisotopic (exact) mass is 174 g/mol. The van der Waals surface area contributed by atoms with Crippen LogP contribution in [0, 0.1) is 0 Å². The van der Waals surface area contributed by atoms with Crippen LogP contribution >= 0.6 is 12.2 Å². The minimum Gasteiger partial charge on any atom is -0.376 e. The molecule has 0 aliphatic rings. The molecule has 0 aliphatic heterocycles. The third kappa shape index (κ3) is 5.79. The molecule has 0 unspecified atom stereocenters. The fourth-order valence-electron chi connectivity index (χ4n) is 1.00. The van der Waals surface area contributed by atoms with E-state index in [2.05, 4.69) is 17.5 Å². The van der Waals surface area contributed by atoms with Gasteiger partial charge in [0.15, 0.2) is 5.11 Å². The van der Waals surface area contributed by atoms with Gasteiger partial charge in [-0.15, -0.1) is 0 Å². The predicted molar refractivity (Wildman–Crippen MR) is 49.3 cm³/mol. The lowest BCUT2D eigenvalue weighted by molar-refractivity contribution is -0.118. The Morgan fingerprint density at radius 1 is 1.64 bits per heavy atom. The van der Waals surface area contributed by atoms with Crippen LogP contribution in [0.25, 0.3) is 0 Å². The molecule has 0 aliphatic carbocycles. The van der Waals surface area contributed by atoms with Gasteiger partial charge in [-0.2, -0.15) is 0 Å². The minimum atomic E-state index is -0.322. The summed E-state index contributed by atoms with van der Waals surface area (Å²) in [5, 5.41) is 3.07. The van der Waals surface area contributed by atoms with Crippen molar-refractivity contribution in [2.45, 2.75) is 32.7 Å². The number of carbonyl (C=O) groups excluding carboxylic acids is 1. The van der Waals surface area contributed by atoms with Gasteiger partial charge in [0.2, 0.25) is 0 Å². The van der Waals surface area contributed by atoms with Crippen molar-refractivity contribution in [3.05, 3.63) is 0 Å². The second-order valence-electron chi connectivity index (χ2n) is 3.25. The van der Waals surface area contributed by atoms with Gasteiger partial charge < -0.3 is 11.1 Å². The number of rotatable bonds is 3.